The summed E-state index contributed by atoms with van der Waals surface area (Å²) in [5, 5.41) is 3.35. The molecule has 130 valence electrons. The lowest BCUT2D eigenvalue weighted by atomic mass is 10.2. The van der Waals surface area contributed by atoms with Gasteiger partial charge in [0.15, 0.2) is 0 Å². The van der Waals surface area contributed by atoms with Crippen LogP contribution >= 0.6 is 0 Å². The second-order valence-corrected chi connectivity index (χ2v) is 8.36. The molecule has 2 aromatic rings. The van der Waals surface area contributed by atoms with E-state index in [1.807, 2.05) is 54.6 Å². The molecule has 1 N–H and O–H groups in total. The molecule has 0 saturated carbocycles. The van der Waals surface area contributed by atoms with Gasteiger partial charge >= 0.3 is 8.80 Å². The zero-order valence-corrected chi connectivity index (χ0v) is 15.5. The number of benzene rings is 2. The summed E-state index contributed by atoms with van der Waals surface area (Å²) in [7, 11) is 2.36. The average molecular weight is 347 g/mol. The van der Waals surface area contributed by atoms with Gasteiger partial charge < -0.3 is 23.3 Å². The second-order valence-electron chi connectivity index (χ2n) is 5.27. The van der Waals surface area contributed by atoms with Crippen LogP contribution in [0.2, 0.25) is 6.04 Å². The van der Waals surface area contributed by atoms with Gasteiger partial charge in [0.1, 0.15) is 5.75 Å². The maximum absolute atomic E-state index is 5.83. The third-order valence-electron chi connectivity index (χ3n) is 3.73. The lowest BCUT2D eigenvalue weighted by Gasteiger charge is -2.24. The third-order valence-corrected chi connectivity index (χ3v) is 6.56. The molecule has 0 saturated heterocycles. The predicted octanol–water partition coefficient (Wildman–Crippen LogP) is 4.08. The van der Waals surface area contributed by atoms with E-state index in [2.05, 4.69) is 5.32 Å². The number of rotatable bonds is 10. The van der Waals surface area contributed by atoms with E-state index < -0.39 is 8.80 Å². The minimum absolute atomic E-state index is 0.583. The fraction of sp³-hybridized carbons (Fsp3) is 0.333. The third kappa shape index (κ3) is 5.35. The summed E-state index contributed by atoms with van der Waals surface area (Å²) in [5.74, 6) is 0.829. The lowest BCUT2D eigenvalue weighted by molar-refractivity contribution is 0.121. The Morgan fingerprint density at radius 3 is 2.17 bits per heavy atom. The second kappa shape index (κ2) is 9.44. The summed E-state index contributed by atoms with van der Waals surface area (Å²) in [4.78, 5) is 0. The summed E-state index contributed by atoms with van der Waals surface area (Å²) in [6, 6.07) is 18.7. The fourth-order valence-corrected chi connectivity index (χ4v) is 4.08. The van der Waals surface area contributed by atoms with E-state index in [0.29, 0.717) is 6.61 Å². The van der Waals surface area contributed by atoms with E-state index >= 15 is 0 Å². The number of nitrogens with one attached hydrogen (secondary N) is 1. The van der Waals surface area contributed by atoms with E-state index in [0.717, 1.165) is 29.6 Å². The fourth-order valence-electron chi connectivity index (χ4n) is 2.39. The number of ether oxygens (including phenoxy) is 1. The van der Waals surface area contributed by atoms with Crippen molar-refractivity contribution in [1.82, 2.24) is 0 Å². The topological polar surface area (TPSA) is 49.0 Å². The van der Waals surface area contributed by atoms with Crippen molar-refractivity contribution in [3.05, 3.63) is 54.6 Å². The molecule has 0 radical (unpaired) electrons. The number of hydrogen-bond acceptors (Lipinski definition) is 5. The smallest absolute Gasteiger partial charge is 0.494 e. The van der Waals surface area contributed by atoms with Crippen molar-refractivity contribution in [2.45, 2.75) is 12.5 Å². The van der Waals surface area contributed by atoms with E-state index in [9.17, 15) is 0 Å². The Balaban J connectivity index is 1.84. The first-order valence-corrected chi connectivity index (χ1v) is 9.85. The quantitative estimate of drug-likeness (QED) is 0.518. The summed E-state index contributed by atoms with van der Waals surface area (Å²) in [6.45, 7) is 0.583. The molecule has 5 nitrogen and oxygen atoms in total. The zero-order valence-electron chi connectivity index (χ0n) is 14.5. The van der Waals surface area contributed by atoms with E-state index in [-0.39, 0.29) is 0 Å². The van der Waals surface area contributed by atoms with Crippen LogP contribution in [0.4, 0.5) is 11.4 Å². The van der Waals surface area contributed by atoms with Gasteiger partial charge in [-0.15, -0.1) is 0 Å². The number of anilines is 2. The van der Waals surface area contributed by atoms with Crippen LogP contribution < -0.4 is 10.1 Å². The molecule has 0 bridgehead atoms. The highest BCUT2D eigenvalue weighted by Gasteiger charge is 2.36. The predicted molar refractivity (Wildman–Crippen MR) is 97.9 cm³/mol. The van der Waals surface area contributed by atoms with Gasteiger partial charge in [-0.25, -0.2) is 0 Å². The largest absolute Gasteiger partial charge is 0.500 e. The maximum Gasteiger partial charge on any atom is 0.500 e. The van der Waals surface area contributed by atoms with Crippen molar-refractivity contribution in [2.75, 3.05) is 33.3 Å². The Morgan fingerprint density at radius 2 is 1.50 bits per heavy atom. The Kier molecular flexibility index (Phi) is 7.26. The van der Waals surface area contributed by atoms with Crippen molar-refractivity contribution in [3.63, 3.8) is 0 Å². The molecular weight excluding hydrogens is 322 g/mol. The van der Waals surface area contributed by atoms with Gasteiger partial charge in [-0.2, -0.15) is 0 Å². The molecule has 0 amide bonds. The first kappa shape index (κ1) is 18.5. The Labute approximate surface area is 144 Å². The Bertz CT molecular complexity index is 597. The minimum atomic E-state index is -2.51. The van der Waals surface area contributed by atoms with Crippen molar-refractivity contribution in [2.24, 2.45) is 0 Å². The molecule has 6 heteroatoms. The average Bonchev–Trinajstić information content (AvgIpc) is 2.64. The first-order chi connectivity index (χ1) is 11.7. The summed E-state index contributed by atoms with van der Waals surface area (Å²) in [6.07, 6.45) is 0.804. The van der Waals surface area contributed by atoms with Crippen LogP contribution in [0.5, 0.6) is 5.75 Å². The van der Waals surface area contributed by atoms with Crippen LogP contribution in [0.15, 0.2) is 54.6 Å². The molecule has 0 fully saturated rings. The highest BCUT2D eigenvalue weighted by Crippen LogP contribution is 2.22. The normalized spacial score (nSPS) is 11.3. The molecule has 0 unspecified atom stereocenters. The zero-order chi connectivity index (χ0) is 17.3. The summed E-state index contributed by atoms with van der Waals surface area (Å²) in [5.41, 5.74) is 2.04. The van der Waals surface area contributed by atoms with Gasteiger partial charge in [0.05, 0.1) is 6.61 Å². The first-order valence-electron chi connectivity index (χ1n) is 7.92. The molecule has 24 heavy (non-hydrogen) atoms. The van der Waals surface area contributed by atoms with E-state index in [1.54, 1.807) is 21.3 Å². The molecule has 0 aliphatic heterocycles. The Morgan fingerprint density at radius 1 is 0.833 bits per heavy atom. The van der Waals surface area contributed by atoms with Crippen LogP contribution in [-0.4, -0.2) is 36.7 Å². The van der Waals surface area contributed by atoms with Crippen molar-refractivity contribution in [1.29, 1.82) is 0 Å². The van der Waals surface area contributed by atoms with Gasteiger partial charge in [-0.05, 0) is 30.7 Å². The highest BCUT2D eigenvalue weighted by molar-refractivity contribution is 6.60. The van der Waals surface area contributed by atoms with Crippen LogP contribution in [-0.2, 0) is 13.3 Å². The standard InChI is InChI=1S/C18H25NO4Si/c1-20-24(21-2,22-3)14-8-13-23-18-12-7-11-17(15-18)19-16-9-5-4-6-10-16/h4-7,9-12,15,19H,8,13-14H2,1-3H3. The van der Waals surface area contributed by atoms with Crippen LogP contribution in [0, 0.1) is 0 Å². The molecule has 0 aromatic heterocycles. The van der Waals surface area contributed by atoms with Gasteiger partial charge in [0.2, 0.25) is 0 Å². The molecule has 0 aliphatic carbocycles. The van der Waals surface area contributed by atoms with Crippen LogP contribution in [0.1, 0.15) is 6.42 Å². The molecule has 0 aliphatic rings. The summed E-state index contributed by atoms with van der Waals surface area (Å²) < 4.78 is 22.0. The summed E-state index contributed by atoms with van der Waals surface area (Å²) >= 11 is 0. The Hall–Kier alpha value is -1.86. The van der Waals surface area contributed by atoms with E-state index in [4.69, 9.17) is 18.0 Å². The van der Waals surface area contributed by atoms with Gasteiger partial charge in [-0.3, -0.25) is 0 Å². The molecule has 2 rings (SSSR count). The monoisotopic (exact) mass is 347 g/mol. The highest BCUT2D eigenvalue weighted by atomic mass is 28.4. The molecule has 0 heterocycles. The van der Waals surface area contributed by atoms with Crippen LogP contribution in [0.3, 0.4) is 0 Å². The number of hydrogen-bond donors (Lipinski definition) is 1. The van der Waals surface area contributed by atoms with Crippen LogP contribution in [0.25, 0.3) is 0 Å². The van der Waals surface area contributed by atoms with Gasteiger partial charge in [0, 0.05) is 44.8 Å². The minimum Gasteiger partial charge on any atom is -0.494 e. The van der Waals surface area contributed by atoms with Gasteiger partial charge in [-0.1, -0.05) is 24.3 Å². The lowest BCUT2D eigenvalue weighted by Crippen LogP contribution is -2.42. The van der Waals surface area contributed by atoms with Crippen molar-refractivity contribution >= 4 is 20.2 Å². The molecule has 0 atom stereocenters. The molecular formula is C18H25NO4Si. The van der Waals surface area contributed by atoms with Crippen molar-refractivity contribution in [3.8, 4) is 5.75 Å². The van der Waals surface area contributed by atoms with Crippen molar-refractivity contribution < 1.29 is 18.0 Å². The molecule has 0 spiro atoms. The maximum atomic E-state index is 5.83. The number of para-hydroxylation sites is 1. The van der Waals surface area contributed by atoms with Gasteiger partial charge in [0.25, 0.3) is 0 Å². The SMILES string of the molecule is CO[Si](CCCOc1cccc(Nc2ccccc2)c1)(OC)OC. The van der Waals surface area contributed by atoms with E-state index in [1.165, 1.54) is 0 Å². The molecule has 2 aromatic carbocycles.